The average Bonchev–Trinajstić information content (AvgIpc) is 2.96. The van der Waals surface area contributed by atoms with Gasteiger partial charge in [-0.25, -0.2) is 0 Å². The van der Waals surface area contributed by atoms with E-state index in [1.807, 2.05) is 6.07 Å². The third-order valence-electron chi connectivity index (χ3n) is 3.39. The minimum absolute atomic E-state index is 0.127. The summed E-state index contributed by atoms with van der Waals surface area (Å²) in [6, 6.07) is 4.69. The van der Waals surface area contributed by atoms with Gasteiger partial charge in [0.1, 0.15) is 6.04 Å². The van der Waals surface area contributed by atoms with Crippen LogP contribution in [-0.4, -0.2) is 35.9 Å². The Morgan fingerprint density at radius 2 is 2.00 bits per heavy atom. The number of nitrogens with one attached hydrogen (secondary N) is 1. The molecule has 2 rings (SSSR count). The second-order valence-corrected chi connectivity index (χ2v) is 7.46. The largest absolute Gasteiger partial charge is 0.493 e. The molecule has 7 heteroatoms. The summed E-state index contributed by atoms with van der Waals surface area (Å²) in [4.78, 5) is 23.0. The molecule has 1 aromatic carbocycles. The lowest BCUT2D eigenvalue weighted by Gasteiger charge is -2.19. The van der Waals surface area contributed by atoms with E-state index in [4.69, 9.17) is 14.6 Å². The highest BCUT2D eigenvalue weighted by molar-refractivity contribution is 7.99. The molecule has 23 heavy (non-hydrogen) atoms. The highest BCUT2D eigenvalue weighted by atomic mass is 32.2. The summed E-state index contributed by atoms with van der Waals surface area (Å²) in [6.07, 6.45) is 0. The zero-order chi connectivity index (χ0) is 17.2. The molecular formula is C16H21NO5S. The van der Waals surface area contributed by atoms with Crippen molar-refractivity contribution in [3.63, 3.8) is 0 Å². The third kappa shape index (κ3) is 4.17. The van der Waals surface area contributed by atoms with Crippen molar-refractivity contribution in [2.75, 3.05) is 12.9 Å². The van der Waals surface area contributed by atoms with Crippen molar-refractivity contribution in [1.82, 2.24) is 5.32 Å². The molecule has 6 nitrogen and oxygen atoms in total. The van der Waals surface area contributed by atoms with Gasteiger partial charge in [-0.1, -0.05) is 6.07 Å². The second-order valence-electron chi connectivity index (χ2n) is 6.32. The number of ether oxygens (including phenoxy) is 2. The first-order chi connectivity index (χ1) is 10.7. The first kappa shape index (κ1) is 17.6. The molecule has 2 atom stereocenters. The van der Waals surface area contributed by atoms with Gasteiger partial charge < -0.3 is 14.6 Å². The minimum atomic E-state index is -0.859. The van der Waals surface area contributed by atoms with Crippen LogP contribution in [0.25, 0.3) is 0 Å². The maximum Gasteiger partial charge on any atom is 0.321 e. The molecule has 1 aliphatic rings. The van der Waals surface area contributed by atoms with E-state index < -0.39 is 17.4 Å². The Labute approximate surface area is 139 Å². The second kappa shape index (κ2) is 6.80. The van der Waals surface area contributed by atoms with E-state index in [0.29, 0.717) is 17.3 Å². The van der Waals surface area contributed by atoms with E-state index >= 15 is 0 Å². The fourth-order valence-corrected chi connectivity index (χ4v) is 3.21. The summed E-state index contributed by atoms with van der Waals surface area (Å²) in [6.45, 7) is 5.34. The Bertz CT molecular complexity index is 611. The number of hydrogen-bond acceptors (Lipinski definition) is 6. The van der Waals surface area contributed by atoms with Crippen LogP contribution in [0.5, 0.6) is 11.5 Å². The molecule has 0 bridgehead atoms. The molecule has 1 unspecified atom stereocenters. The predicted molar refractivity (Wildman–Crippen MR) is 87.8 cm³/mol. The molecule has 2 N–H and O–H groups in total. The number of rotatable bonds is 4. The van der Waals surface area contributed by atoms with Crippen molar-refractivity contribution in [3.8, 4) is 11.5 Å². The number of methoxy groups -OCH3 is 1. The van der Waals surface area contributed by atoms with Gasteiger partial charge in [0.2, 0.25) is 0 Å². The number of thioether (sulfide) groups is 1. The Balaban J connectivity index is 2.17. The van der Waals surface area contributed by atoms with E-state index in [0.717, 1.165) is 5.56 Å². The number of benzene rings is 1. The molecule has 0 aromatic heterocycles. The molecule has 1 aromatic rings. The van der Waals surface area contributed by atoms with Gasteiger partial charge in [0.15, 0.2) is 11.5 Å². The van der Waals surface area contributed by atoms with Gasteiger partial charge in [-0.2, -0.15) is 0 Å². The molecule has 0 aliphatic carbocycles. The summed E-state index contributed by atoms with van der Waals surface area (Å²) in [5.41, 5.74) is 0.271. The van der Waals surface area contributed by atoms with Crippen LogP contribution in [0.2, 0.25) is 0 Å². The number of esters is 1. The van der Waals surface area contributed by atoms with Crippen molar-refractivity contribution in [2.45, 2.75) is 32.2 Å². The Morgan fingerprint density at radius 1 is 1.30 bits per heavy atom. The number of carboxylic acid groups (broad SMARTS) is 1. The van der Waals surface area contributed by atoms with Gasteiger partial charge >= 0.3 is 11.9 Å². The van der Waals surface area contributed by atoms with Gasteiger partial charge in [0, 0.05) is 5.75 Å². The first-order valence-electron chi connectivity index (χ1n) is 7.23. The van der Waals surface area contributed by atoms with Crippen LogP contribution in [0.1, 0.15) is 31.7 Å². The number of carbonyl (C=O) groups is 2. The highest BCUT2D eigenvalue weighted by Gasteiger charge is 2.31. The van der Waals surface area contributed by atoms with E-state index in [1.54, 1.807) is 32.9 Å². The highest BCUT2D eigenvalue weighted by Crippen LogP contribution is 2.38. The molecule has 0 radical (unpaired) electrons. The number of carbonyl (C=O) groups excluding carboxylic acids is 1. The van der Waals surface area contributed by atoms with Gasteiger partial charge in [0.25, 0.3) is 0 Å². The van der Waals surface area contributed by atoms with E-state index in [9.17, 15) is 9.59 Å². The predicted octanol–water partition coefficient (Wildman–Crippen LogP) is 2.43. The zero-order valence-corrected chi connectivity index (χ0v) is 14.4. The van der Waals surface area contributed by atoms with Crippen molar-refractivity contribution in [3.05, 3.63) is 23.8 Å². The Hall–Kier alpha value is -1.73. The Morgan fingerprint density at radius 3 is 2.52 bits per heavy atom. The van der Waals surface area contributed by atoms with Crippen LogP contribution in [0.4, 0.5) is 0 Å². The standard InChI is InChI=1S/C16H21NO5S/c1-16(2,3)15(20)22-11-6-5-9(7-12(11)21-4)13-17-10(8-23-13)14(18)19/h5-7,10,13,17H,8H2,1-4H3,(H,18,19)/t10-,13?/m0/s1. The van der Waals surface area contributed by atoms with Crippen LogP contribution >= 0.6 is 11.8 Å². The Kier molecular flexibility index (Phi) is 5.21. The summed E-state index contributed by atoms with van der Waals surface area (Å²) in [5.74, 6) is 0.101. The van der Waals surface area contributed by atoms with Crippen molar-refractivity contribution >= 4 is 23.7 Å². The van der Waals surface area contributed by atoms with E-state index in [1.165, 1.54) is 18.9 Å². The molecule has 1 aliphatic heterocycles. The summed E-state index contributed by atoms with van der Waals surface area (Å²) in [5, 5.41) is 12.0. The molecule has 0 saturated carbocycles. The lowest BCUT2D eigenvalue weighted by molar-refractivity contribution is -0.143. The van der Waals surface area contributed by atoms with Gasteiger partial charge in [0.05, 0.1) is 17.9 Å². The van der Waals surface area contributed by atoms with Gasteiger partial charge in [-0.3, -0.25) is 14.9 Å². The maximum absolute atomic E-state index is 12.0. The molecule has 1 heterocycles. The monoisotopic (exact) mass is 339 g/mol. The van der Waals surface area contributed by atoms with Gasteiger partial charge in [-0.05, 0) is 38.5 Å². The van der Waals surface area contributed by atoms with Crippen molar-refractivity contribution in [2.24, 2.45) is 5.41 Å². The fraction of sp³-hybridized carbons (Fsp3) is 0.500. The lowest BCUT2D eigenvalue weighted by atomic mass is 9.97. The van der Waals surface area contributed by atoms with E-state index in [2.05, 4.69) is 5.32 Å². The van der Waals surface area contributed by atoms with Crippen LogP contribution in [0.3, 0.4) is 0 Å². The molecule has 1 saturated heterocycles. The van der Waals surface area contributed by atoms with Gasteiger partial charge in [-0.15, -0.1) is 11.8 Å². The normalized spacial score (nSPS) is 21.0. The van der Waals surface area contributed by atoms with E-state index in [-0.39, 0.29) is 11.3 Å². The number of hydrogen-bond donors (Lipinski definition) is 2. The molecule has 126 valence electrons. The van der Waals surface area contributed by atoms with Crippen LogP contribution in [0.15, 0.2) is 18.2 Å². The third-order valence-corrected chi connectivity index (χ3v) is 4.65. The summed E-state index contributed by atoms with van der Waals surface area (Å²) < 4.78 is 10.7. The van der Waals surface area contributed by atoms with Crippen molar-refractivity contribution < 1.29 is 24.2 Å². The van der Waals surface area contributed by atoms with Crippen LogP contribution in [-0.2, 0) is 9.59 Å². The molecule has 0 amide bonds. The number of carboxylic acids is 1. The molecular weight excluding hydrogens is 318 g/mol. The SMILES string of the molecule is COc1cc(C2N[C@H](C(=O)O)CS2)ccc1OC(=O)C(C)(C)C. The minimum Gasteiger partial charge on any atom is -0.493 e. The summed E-state index contributed by atoms with van der Waals surface area (Å²) >= 11 is 1.52. The first-order valence-corrected chi connectivity index (χ1v) is 8.28. The van der Waals surface area contributed by atoms with Crippen LogP contribution < -0.4 is 14.8 Å². The molecule has 1 fully saturated rings. The number of aliphatic carboxylic acids is 1. The smallest absolute Gasteiger partial charge is 0.321 e. The maximum atomic E-state index is 12.0. The zero-order valence-electron chi connectivity index (χ0n) is 13.6. The summed E-state index contributed by atoms with van der Waals surface area (Å²) in [7, 11) is 1.50. The quantitative estimate of drug-likeness (QED) is 0.644. The topological polar surface area (TPSA) is 84.9 Å². The van der Waals surface area contributed by atoms with Crippen LogP contribution in [0, 0.1) is 5.41 Å². The average molecular weight is 339 g/mol. The van der Waals surface area contributed by atoms with Crippen molar-refractivity contribution in [1.29, 1.82) is 0 Å². The fourth-order valence-electron chi connectivity index (χ4n) is 1.99. The molecule has 0 spiro atoms. The lowest BCUT2D eigenvalue weighted by Crippen LogP contribution is -2.33.